The maximum Gasteiger partial charge on any atom is 0.227 e. The number of nitrogens with zero attached hydrogens (tertiary/aromatic N) is 3. The molecule has 0 unspecified atom stereocenters. The monoisotopic (exact) mass is 326 g/mol. The second kappa shape index (κ2) is 6.99. The highest BCUT2D eigenvalue weighted by Gasteiger charge is 2.11. The topological polar surface area (TPSA) is 80.9 Å². The van der Waals surface area contributed by atoms with Gasteiger partial charge in [-0.1, -0.05) is 5.16 Å². The number of pyridine rings is 1. The summed E-state index contributed by atoms with van der Waals surface area (Å²) in [6, 6.07) is 7.82. The van der Waals surface area contributed by atoms with Crippen molar-refractivity contribution in [2.75, 3.05) is 5.32 Å². The molecule has 2 aromatic heterocycles. The Morgan fingerprint density at radius 2 is 2.21 bits per heavy atom. The molecule has 7 heteroatoms. The Labute approximate surface area is 137 Å². The largest absolute Gasteiger partial charge is 0.339 e. The molecule has 0 bridgehead atoms. The van der Waals surface area contributed by atoms with Crippen LogP contribution in [0.25, 0.3) is 11.4 Å². The molecule has 1 amide bonds. The Balaban J connectivity index is 1.58. The van der Waals surface area contributed by atoms with Crippen molar-refractivity contribution >= 4 is 11.6 Å². The summed E-state index contributed by atoms with van der Waals surface area (Å²) >= 11 is 0. The predicted octanol–water partition coefficient (Wildman–Crippen LogP) is 3.15. The van der Waals surface area contributed by atoms with Gasteiger partial charge in [0, 0.05) is 36.5 Å². The van der Waals surface area contributed by atoms with Gasteiger partial charge in [0.1, 0.15) is 5.82 Å². The fourth-order valence-corrected chi connectivity index (χ4v) is 2.17. The van der Waals surface area contributed by atoms with Crippen LogP contribution in [0.3, 0.4) is 0 Å². The minimum absolute atomic E-state index is 0.186. The number of anilines is 1. The maximum atomic E-state index is 13.1. The molecule has 3 rings (SSSR count). The third-order valence-electron chi connectivity index (χ3n) is 3.42. The lowest BCUT2D eigenvalue weighted by Gasteiger charge is -2.07. The van der Waals surface area contributed by atoms with Crippen LogP contribution >= 0.6 is 0 Å². The van der Waals surface area contributed by atoms with Crippen LogP contribution in [-0.2, 0) is 11.2 Å². The lowest BCUT2D eigenvalue weighted by atomic mass is 10.2. The molecule has 122 valence electrons. The highest BCUT2D eigenvalue weighted by Crippen LogP contribution is 2.17. The van der Waals surface area contributed by atoms with Gasteiger partial charge >= 0.3 is 0 Å². The zero-order chi connectivity index (χ0) is 16.9. The molecule has 0 saturated heterocycles. The van der Waals surface area contributed by atoms with Crippen LogP contribution < -0.4 is 5.32 Å². The van der Waals surface area contributed by atoms with E-state index in [4.69, 9.17) is 4.52 Å². The van der Waals surface area contributed by atoms with Gasteiger partial charge in [-0.2, -0.15) is 4.98 Å². The molecule has 0 saturated carbocycles. The molecule has 0 radical (unpaired) electrons. The van der Waals surface area contributed by atoms with E-state index < -0.39 is 0 Å². The molecule has 0 atom stereocenters. The van der Waals surface area contributed by atoms with Gasteiger partial charge in [-0.05, 0) is 42.8 Å². The normalized spacial score (nSPS) is 10.6. The number of carbonyl (C=O) groups excluding carboxylic acids is 1. The minimum atomic E-state index is -0.334. The lowest BCUT2D eigenvalue weighted by molar-refractivity contribution is -0.116. The first-order valence-electron chi connectivity index (χ1n) is 7.41. The Bertz CT molecular complexity index is 849. The predicted molar refractivity (Wildman–Crippen MR) is 85.6 cm³/mol. The summed E-state index contributed by atoms with van der Waals surface area (Å²) in [5, 5.41) is 6.61. The fourth-order valence-electron chi connectivity index (χ4n) is 2.17. The van der Waals surface area contributed by atoms with Crippen molar-refractivity contribution in [3.8, 4) is 11.4 Å². The summed E-state index contributed by atoms with van der Waals surface area (Å²) in [5.74, 6) is 0.276. The molecular formula is C17H15FN4O2. The number of hydrogen-bond donors (Lipinski definition) is 1. The van der Waals surface area contributed by atoms with Crippen molar-refractivity contribution in [1.29, 1.82) is 0 Å². The standard InChI is InChI=1S/C17H15FN4O2/c1-11-9-13(18)4-5-14(11)20-15(23)6-7-16-21-17(22-24-16)12-3-2-8-19-10-12/h2-5,8-10H,6-7H2,1H3,(H,20,23). The smallest absolute Gasteiger partial charge is 0.227 e. The minimum Gasteiger partial charge on any atom is -0.339 e. The average Bonchev–Trinajstić information content (AvgIpc) is 3.05. The quantitative estimate of drug-likeness (QED) is 0.779. The van der Waals surface area contributed by atoms with Gasteiger partial charge in [-0.25, -0.2) is 4.39 Å². The highest BCUT2D eigenvalue weighted by atomic mass is 19.1. The molecule has 1 aromatic carbocycles. The number of carbonyl (C=O) groups is 1. The molecule has 0 aliphatic rings. The second-order valence-electron chi connectivity index (χ2n) is 5.26. The van der Waals surface area contributed by atoms with Crippen LogP contribution in [0.4, 0.5) is 10.1 Å². The maximum absolute atomic E-state index is 13.1. The Morgan fingerprint density at radius 3 is 2.96 bits per heavy atom. The number of rotatable bonds is 5. The van der Waals surface area contributed by atoms with Crippen molar-refractivity contribution in [2.24, 2.45) is 0 Å². The van der Waals surface area contributed by atoms with Gasteiger partial charge in [0.15, 0.2) is 0 Å². The van der Waals surface area contributed by atoms with Crippen molar-refractivity contribution in [2.45, 2.75) is 19.8 Å². The van der Waals surface area contributed by atoms with E-state index in [1.165, 1.54) is 18.2 Å². The molecule has 1 N–H and O–H groups in total. The van der Waals surface area contributed by atoms with Gasteiger partial charge in [0.05, 0.1) is 0 Å². The zero-order valence-corrected chi connectivity index (χ0v) is 13.0. The number of nitrogens with one attached hydrogen (secondary N) is 1. The van der Waals surface area contributed by atoms with Crippen LogP contribution in [0.2, 0.25) is 0 Å². The molecule has 3 aromatic rings. The fraction of sp³-hybridized carbons (Fsp3) is 0.176. The summed E-state index contributed by atoms with van der Waals surface area (Å²) in [6.45, 7) is 1.73. The van der Waals surface area contributed by atoms with E-state index in [9.17, 15) is 9.18 Å². The number of aryl methyl sites for hydroxylation is 2. The molecular weight excluding hydrogens is 311 g/mol. The van der Waals surface area contributed by atoms with Gasteiger partial charge < -0.3 is 9.84 Å². The first-order chi connectivity index (χ1) is 11.6. The van der Waals surface area contributed by atoms with Crippen LogP contribution in [0, 0.1) is 12.7 Å². The zero-order valence-electron chi connectivity index (χ0n) is 13.0. The highest BCUT2D eigenvalue weighted by molar-refractivity contribution is 5.91. The molecule has 0 aliphatic heterocycles. The summed E-state index contributed by atoms with van der Waals surface area (Å²) in [6.07, 6.45) is 3.80. The van der Waals surface area contributed by atoms with Crippen LogP contribution in [0.5, 0.6) is 0 Å². The Hall–Kier alpha value is -3.09. The molecule has 2 heterocycles. The summed E-state index contributed by atoms with van der Waals surface area (Å²) in [5.41, 5.74) is 2.00. The van der Waals surface area contributed by atoms with Crippen molar-refractivity contribution in [1.82, 2.24) is 15.1 Å². The van der Waals surface area contributed by atoms with E-state index >= 15 is 0 Å². The second-order valence-corrected chi connectivity index (χ2v) is 5.26. The van der Waals surface area contributed by atoms with E-state index in [-0.39, 0.29) is 18.1 Å². The van der Waals surface area contributed by atoms with Crippen LogP contribution in [-0.4, -0.2) is 21.0 Å². The number of benzene rings is 1. The molecule has 24 heavy (non-hydrogen) atoms. The van der Waals surface area contributed by atoms with Crippen molar-refractivity contribution in [3.05, 3.63) is 60.0 Å². The first kappa shape index (κ1) is 15.8. The van der Waals surface area contributed by atoms with Gasteiger partial charge in [-0.15, -0.1) is 0 Å². The van der Waals surface area contributed by atoms with E-state index in [0.717, 1.165) is 5.56 Å². The number of aromatic nitrogens is 3. The molecule has 0 aliphatic carbocycles. The van der Waals surface area contributed by atoms with Crippen molar-refractivity contribution in [3.63, 3.8) is 0 Å². The summed E-state index contributed by atoms with van der Waals surface area (Å²) in [4.78, 5) is 20.2. The average molecular weight is 326 g/mol. The van der Waals surface area contributed by atoms with Gasteiger partial charge in [-0.3, -0.25) is 9.78 Å². The first-order valence-corrected chi connectivity index (χ1v) is 7.41. The number of hydrogen-bond acceptors (Lipinski definition) is 5. The Kier molecular flexibility index (Phi) is 4.60. The number of amides is 1. The van der Waals surface area contributed by atoms with Crippen molar-refractivity contribution < 1.29 is 13.7 Å². The lowest BCUT2D eigenvalue weighted by Crippen LogP contribution is -2.13. The number of halogens is 1. The SMILES string of the molecule is Cc1cc(F)ccc1NC(=O)CCc1nc(-c2cccnc2)no1. The summed E-state index contributed by atoms with van der Waals surface area (Å²) in [7, 11) is 0. The molecule has 6 nitrogen and oxygen atoms in total. The van der Waals surface area contributed by atoms with Crippen LogP contribution in [0.15, 0.2) is 47.2 Å². The van der Waals surface area contributed by atoms with Gasteiger partial charge in [0.2, 0.25) is 17.6 Å². The third kappa shape index (κ3) is 3.81. The van der Waals surface area contributed by atoms with Crippen LogP contribution in [0.1, 0.15) is 17.9 Å². The molecule has 0 fully saturated rings. The van der Waals surface area contributed by atoms with E-state index in [2.05, 4.69) is 20.4 Å². The third-order valence-corrected chi connectivity index (χ3v) is 3.42. The Morgan fingerprint density at radius 1 is 1.33 bits per heavy atom. The van der Waals surface area contributed by atoms with E-state index in [1.807, 2.05) is 6.07 Å². The van der Waals surface area contributed by atoms with E-state index in [0.29, 0.717) is 29.4 Å². The molecule has 0 spiro atoms. The van der Waals surface area contributed by atoms with Gasteiger partial charge in [0.25, 0.3) is 0 Å². The summed E-state index contributed by atoms with van der Waals surface area (Å²) < 4.78 is 18.2. The van der Waals surface area contributed by atoms with E-state index in [1.54, 1.807) is 25.4 Å².